The normalized spacial score (nSPS) is 12.8. The van der Waals surface area contributed by atoms with Gasteiger partial charge in [0.1, 0.15) is 6.04 Å². The molecule has 0 saturated carbocycles. The number of carbonyl (C=O) groups is 2. The van der Waals surface area contributed by atoms with E-state index in [0.717, 1.165) is 5.69 Å². The van der Waals surface area contributed by atoms with Gasteiger partial charge in [0.05, 0.1) is 6.33 Å². The number of nitrogens with zero attached hydrogens (tertiary/aromatic N) is 1. The maximum atomic E-state index is 11.8. The number of aromatic nitrogens is 2. The van der Waals surface area contributed by atoms with Crippen molar-refractivity contribution in [3.63, 3.8) is 0 Å². The average molecular weight is 266 g/mol. The number of imidazole rings is 1. The molecule has 1 heterocycles. The molecule has 0 aliphatic carbocycles. The lowest BCUT2D eigenvalue weighted by molar-refractivity contribution is -0.133. The largest absolute Gasteiger partial charge is 0.354 e. The Hall–Kier alpha value is -1.85. The fraction of sp³-hybridized carbons (Fsp3) is 0.615. The molecule has 1 aromatic rings. The second-order valence-corrected chi connectivity index (χ2v) is 5.56. The maximum absolute atomic E-state index is 11.8. The van der Waals surface area contributed by atoms with E-state index < -0.39 is 11.5 Å². The van der Waals surface area contributed by atoms with Gasteiger partial charge in [-0.1, -0.05) is 20.8 Å². The van der Waals surface area contributed by atoms with Crippen molar-refractivity contribution in [1.82, 2.24) is 20.6 Å². The third-order valence-corrected chi connectivity index (χ3v) is 2.67. The zero-order valence-electron chi connectivity index (χ0n) is 11.9. The Morgan fingerprint density at radius 1 is 1.42 bits per heavy atom. The lowest BCUT2D eigenvalue weighted by atomic mass is 9.95. The molecule has 19 heavy (non-hydrogen) atoms. The molecular formula is C13H22N4O2. The Bertz CT molecular complexity index is 420. The first-order chi connectivity index (χ1) is 8.80. The van der Waals surface area contributed by atoms with Crippen LogP contribution in [0.2, 0.25) is 0 Å². The van der Waals surface area contributed by atoms with Gasteiger partial charge in [0.15, 0.2) is 0 Å². The lowest BCUT2D eigenvalue weighted by Crippen LogP contribution is -2.48. The van der Waals surface area contributed by atoms with Crippen molar-refractivity contribution in [3.8, 4) is 0 Å². The highest BCUT2D eigenvalue weighted by molar-refractivity contribution is 5.89. The molecule has 0 aliphatic heterocycles. The molecule has 0 radical (unpaired) electrons. The molecule has 0 aliphatic rings. The van der Waals surface area contributed by atoms with E-state index in [0.29, 0.717) is 13.0 Å². The van der Waals surface area contributed by atoms with Crippen LogP contribution in [-0.2, 0) is 16.0 Å². The molecule has 0 saturated heterocycles. The maximum Gasteiger partial charge on any atom is 0.242 e. The van der Waals surface area contributed by atoms with E-state index in [1.807, 2.05) is 20.8 Å². The Labute approximate surface area is 113 Å². The minimum Gasteiger partial charge on any atom is -0.354 e. The zero-order chi connectivity index (χ0) is 14.5. The number of H-pyrrole nitrogens is 1. The van der Waals surface area contributed by atoms with Gasteiger partial charge >= 0.3 is 0 Å². The quantitative estimate of drug-likeness (QED) is 0.730. The number of rotatable bonds is 5. The van der Waals surface area contributed by atoms with Gasteiger partial charge in [-0.05, 0) is 6.92 Å². The summed E-state index contributed by atoms with van der Waals surface area (Å²) >= 11 is 0. The molecule has 2 amide bonds. The molecule has 1 aromatic heterocycles. The van der Waals surface area contributed by atoms with Gasteiger partial charge in [-0.15, -0.1) is 0 Å². The fourth-order valence-electron chi connectivity index (χ4n) is 1.37. The van der Waals surface area contributed by atoms with Crippen LogP contribution < -0.4 is 10.6 Å². The zero-order valence-corrected chi connectivity index (χ0v) is 11.9. The van der Waals surface area contributed by atoms with Crippen molar-refractivity contribution < 1.29 is 9.59 Å². The summed E-state index contributed by atoms with van der Waals surface area (Å²) in [5.41, 5.74) is 0.469. The number of hydrogen-bond donors (Lipinski definition) is 3. The van der Waals surface area contributed by atoms with Crippen molar-refractivity contribution in [3.05, 3.63) is 18.2 Å². The SMILES string of the molecule is CC(NC(=O)C(C)(C)C)C(=O)NCCc1cnc[nH]1. The molecule has 1 unspecified atom stereocenters. The third kappa shape index (κ3) is 5.11. The molecule has 3 N–H and O–H groups in total. The average Bonchev–Trinajstić information content (AvgIpc) is 2.80. The van der Waals surface area contributed by atoms with Gasteiger partial charge < -0.3 is 15.6 Å². The monoisotopic (exact) mass is 266 g/mol. The first-order valence-electron chi connectivity index (χ1n) is 6.36. The summed E-state index contributed by atoms with van der Waals surface area (Å²) in [7, 11) is 0. The summed E-state index contributed by atoms with van der Waals surface area (Å²) in [4.78, 5) is 30.4. The number of carbonyl (C=O) groups excluding carboxylic acids is 2. The van der Waals surface area contributed by atoms with Gasteiger partial charge in [0.2, 0.25) is 11.8 Å². The summed E-state index contributed by atoms with van der Waals surface area (Å²) in [5.74, 6) is -0.319. The van der Waals surface area contributed by atoms with Gasteiger partial charge in [0, 0.05) is 30.3 Å². The first kappa shape index (κ1) is 15.2. The Balaban J connectivity index is 2.31. The van der Waals surface area contributed by atoms with Crippen LogP contribution in [0.25, 0.3) is 0 Å². The highest BCUT2D eigenvalue weighted by Gasteiger charge is 2.24. The minimum absolute atomic E-state index is 0.135. The van der Waals surface area contributed by atoms with E-state index in [-0.39, 0.29) is 11.8 Å². The van der Waals surface area contributed by atoms with Crippen LogP contribution in [0.1, 0.15) is 33.4 Å². The highest BCUT2D eigenvalue weighted by atomic mass is 16.2. The summed E-state index contributed by atoms with van der Waals surface area (Å²) in [6, 6.07) is -0.534. The highest BCUT2D eigenvalue weighted by Crippen LogP contribution is 2.12. The van der Waals surface area contributed by atoms with Gasteiger partial charge in [0.25, 0.3) is 0 Å². The molecule has 6 heteroatoms. The van der Waals surface area contributed by atoms with Gasteiger partial charge in [-0.2, -0.15) is 0 Å². The van der Waals surface area contributed by atoms with Crippen molar-refractivity contribution in [2.45, 2.75) is 40.2 Å². The summed E-state index contributed by atoms with van der Waals surface area (Å²) in [6.45, 7) is 7.62. The van der Waals surface area contributed by atoms with Gasteiger partial charge in [-0.25, -0.2) is 4.98 Å². The number of aromatic amines is 1. The van der Waals surface area contributed by atoms with Crippen molar-refractivity contribution in [1.29, 1.82) is 0 Å². The van der Waals surface area contributed by atoms with Crippen LogP contribution in [0.3, 0.4) is 0 Å². The molecular weight excluding hydrogens is 244 g/mol. The lowest BCUT2D eigenvalue weighted by Gasteiger charge is -2.21. The summed E-state index contributed by atoms with van der Waals surface area (Å²) in [5, 5.41) is 5.47. The second kappa shape index (κ2) is 6.36. The Kier molecular flexibility index (Phi) is 5.09. The van der Waals surface area contributed by atoms with E-state index >= 15 is 0 Å². The van der Waals surface area contributed by atoms with Crippen LogP contribution in [-0.4, -0.2) is 34.4 Å². The smallest absolute Gasteiger partial charge is 0.242 e. The fourth-order valence-corrected chi connectivity index (χ4v) is 1.37. The van der Waals surface area contributed by atoms with E-state index in [9.17, 15) is 9.59 Å². The molecule has 0 spiro atoms. The molecule has 6 nitrogen and oxygen atoms in total. The topological polar surface area (TPSA) is 86.9 Å². The van der Waals surface area contributed by atoms with Crippen LogP contribution in [0.15, 0.2) is 12.5 Å². The van der Waals surface area contributed by atoms with E-state index in [2.05, 4.69) is 20.6 Å². The van der Waals surface area contributed by atoms with Crippen LogP contribution in [0.5, 0.6) is 0 Å². The molecule has 106 valence electrons. The molecule has 0 bridgehead atoms. The second-order valence-electron chi connectivity index (χ2n) is 5.56. The van der Waals surface area contributed by atoms with Crippen molar-refractivity contribution in [2.75, 3.05) is 6.54 Å². The predicted octanol–water partition coefficient (Wildman–Crippen LogP) is 0.619. The number of amides is 2. The van der Waals surface area contributed by atoms with Crippen molar-refractivity contribution in [2.24, 2.45) is 5.41 Å². The van der Waals surface area contributed by atoms with E-state index in [1.54, 1.807) is 19.4 Å². The predicted molar refractivity (Wildman–Crippen MR) is 72.4 cm³/mol. The van der Waals surface area contributed by atoms with Crippen molar-refractivity contribution >= 4 is 11.8 Å². The standard InChI is InChI=1S/C13H22N4O2/c1-9(17-12(19)13(2,3)4)11(18)15-6-5-10-7-14-8-16-10/h7-9H,5-6H2,1-4H3,(H,14,16)(H,15,18)(H,17,19). The van der Waals surface area contributed by atoms with E-state index in [1.165, 1.54) is 0 Å². The van der Waals surface area contributed by atoms with E-state index in [4.69, 9.17) is 0 Å². The molecule has 0 aromatic carbocycles. The number of nitrogens with one attached hydrogen (secondary N) is 3. The molecule has 1 rings (SSSR count). The molecule has 0 fully saturated rings. The Morgan fingerprint density at radius 2 is 2.11 bits per heavy atom. The molecule has 1 atom stereocenters. The first-order valence-corrected chi connectivity index (χ1v) is 6.36. The third-order valence-electron chi connectivity index (χ3n) is 2.67. The summed E-state index contributed by atoms with van der Waals surface area (Å²) < 4.78 is 0. The Morgan fingerprint density at radius 3 is 2.63 bits per heavy atom. The van der Waals surface area contributed by atoms with Crippen LogP contribution in [0, 0.1) is 5.41 Å². The van der Waals surface area contributed by atoms with Crippen LogP contribution in [0.4, 0.5) is 0 Å². The minimum atomic E-state index is -0.534. The summed E-state index contributed by atoms with van der Waals surface area (Å²) in [6.07, 6.45) is 4.01. The van der Waals surface area contributed by atoms with Gasteiger partial charge in [-0.3, -0.25) is 9.59 Å². The number of hydrogen-bond acceptors (Lipinski definition) is 3. The van der Waals surface area contributed by atoms with Crippen LogP contribution >= 0.6 is 0 Å².